The summed E-state index contributed by atoms with van der Waals surface area (Å²) in [5.74, 6) is 1.20. The number of amides is 1. The van der Waals surface area contributed by atoms with E-state index in [-0.39, 0.29) is 11.2 Å². The number of rotatable bonds is 3. The highest BCUT2D eigenvalue weighted by Crippen LogP contribution is 2.48. The van der Waals surface area contributed by atoms with Crippen molar-refractivity contribution in [2.45, 2.75) is 19.1 Å². The van der Waals surface area contributed by atoms with E-state index in [1.54, 1.807) is 4.68 Å². The van der Waals surface area contributed by atoms with Gasteiger partial charge in [-0.25, -0.2) is 9.97 Å². The zero-order chi connectivity index (χ0) is 22.2. The van der Waals surface area contributed by atoms with E-state index in [1.165, 1.54) is 11.8 Å². The second-order valence-corrected chi connectivity index (χ2v) is 9.10. The molecule has 3 heterocycles. The van der Waals surface area contributed by atoms with Crippen LogP contribution in [0.3, 0.4) is 0 Å². The fraction of sp³-hybridized carbons (Fsp3) is 0.167. The molecule has 5 rings (SSSR count). The van der Waals surface area contributed by atoms with E-state index in [2.05, 4.69) is 15.3 Å². The van der Waals surface area contributed by atoms with Gasteiger partial charge < -0.3 is 5.32 Å². The van der Waals surface area contributed by atoms with Crippen LogP contribution < -0.4 is 5.32 Å². The number of benzene rings is 2. The van der Waals surface area contributed by atoms with Crippen molar-refractivity contribution in [3.8, 4) is 17.2 Å². The van der Waals surface area contributed by atoms with Crippen LogP contribution in [0.25, 0.3) is 17.2 Å². The Hall–Kier alpha value is -3.16. The normalized spacial score (nSPS) is 15.7. The summed E-state index contributed by atoms with van der Waals surface area (Å²) >= 11 is 8.14. The largest absolute Gasteiger partial charge is 0.309 e. The lowest BCUT2D eigenvalue weighted by Gasteiger charge is -2.17. The van der Waals surface area contributed by atoms with Gasteiger partial charge in [0.2, 0.25) is 5.91 Å². The Morgan fingerprint density at radius 2 is 1.72 bits per heavy atom. The molecule has 0 aliphatic carbocycles. The summed E-state index contributed by atoms with van der Waals surface area (Å²) in [6, 6.07) is 19.6. The van der Waals surface area contributed by atoms with Crippen molar-refractivity contribution in [1.29, 1.82) is 0 Å². The quantitative estimate of drug-likeness (QED) is 0.443. The SMILES string of the molecule is Cc1cc(C)nc(-n2nc(-c3ccccc3)c3c2NC(=O)CS[C@@H]3c2ccccc2Cl)n1. The number of aryl methyl sites for hydroxylation is 2. The number of anilines is 1. The molecule has 2 aromatic heterocycles. The first-order valence-electron chi connectivity index (χ1n) is 10.2. The first-order chi connectivity index (χ1) is 15.5. The minimum Gasteiger partial charge on any atom is -0.309 e. The van der Waals surface area contributed by atoms with Gasteiger partial charge in [-0.05, 0) is 31.5 Å². The average molecular weight is 462 g/mol. The molecule has 0 saturated carbocycles. The third-order valence-corrected chi connectivity index (χ3v) is 6.81. The number of hydrogen-bond acceptors (Lipinski definition) is 5. The minimum absolute atomic E-state index is 0.101. The van der Waals surface area contributed by atoms with Crippen molar-refractivity contribution >= 4 is 35.1 Å². The summed E-state index contributed by atoms with van der Waals surface area (Å²) in [6.07, 6.45) is 0. The maximum Gasteiger partial charge on any atom is 0.252 e. The smallest absolute Gasteiger partial charge is 0.252 e. The molecule has 0 saturated heterocycles. The van der Waals surface area contributed by atoms with Crippen LogP contribution in [0.15, 0.2) is 60.7 Å². The Morgan fingerprint density at radius 3 is 2.44 bits per heavy atom. The molecule has 0 spiro atoms. The number of thioether (sulfide) groups is 1. The molecule has 6 nitrogen and oxygen atoms in total. The van der Waals surface area contributed by atoms with Crippen molar-refractivity contribution in [2.75, 3.05) is 11.1 Å². The summed E-state index contributed by atoms with van der Waals surface area (Å²) in [5, 5.41) is 8.44. The van der Waals surface area contributed by atoms with E-state index in [9.17, 15) is 4.79 Å². The monoisotopic (exact) mass is 461 g/mol. The Balaban J connectivity index is 1.82. The first kappa shape index (κ1) is 20.7. The third-order valence-electron chi connectivity index (χ3n) is 5.22. The van der Waals surface area contributed by atoms with Gasteiger partial charge in [-0.1, -0.05) is 60.1 Å². The van der Waals surface area contributed by atoms with Gasteiger partial charge in [0.25, 0.3) is 5.95 Å². The molecule has 1 aliphatic rings. The molecule has 1 atom stereocenters. The molecule has 4 aromatic rings. The number of hydrogen-bond donors (Lipinski definition) is 1. The lowest BCUT2D eigenvalue weighted by Crippen LogP contribution is -2.17. The number of carbonyl (C=O) groups is 1. The van der Waals surface area contributed by atoms with E-state index in [0.29, 0.717) is 22.5 Å². The van der Waals surface area contributed by atoms with Crippen molar-refractivity contribution in [1.82, 2.24) is 19.7 Å². The zero-order valence-electron chi connectivity index (χ0n) is 17.5. The fourth-order valence-electron chi connectivity index (χ4n) is 3.90. The van der Waals surface area contributed by atoms with Gasteiger partial charge in [0, 0.05) is 27.5 Å². The molecule has 8 heteroatoms. The summed E-state index contributed by atoms with van der Waals surface area (Å²) in [7, 11) is 0. The van der Waals surface area contributed by atoms with Gasteiger partial charge in [-0.2, -0.15) is 9.78 Å². The molecule has 1 amide bonds. The maximum absolute atomic E-state index is 12.7. The molecule has 2 aromatic carbocycles. The van der Waals surface area contributed by atoms with Gasteiger partial charge in [0.05, 0.1) is 16.7 Å². The van der Waals surface area contributed by atoms with Gasteiger partial charge in [-0.15, -0.1) is 11.8 Å². The van der Waals surface area contributed by atoms with E-state index in [1.807, 2.05) is 74.5 Å². The van der Waals surface area contributed by atoms with Crippen molar-refractivity contribution < 1.29 is 4.79 Å². The highest BCUT2D eigenvalue weighted by molar-refractivity contribution is 8.00. The standard InChI is InChI=1S/C24H20ClN5OS/c1-14-12-15(2)27-24(26-14)30-23-20(21(29-30)16-8-4-3-5-9-16)22(32-13-19(31)28-23)17-10-6-7-11-18(17)25/h3-12,22H,13H2,1-2H3,(H,28,31)/t22-/m1/s1. The first-order valence-corrected chi connectivity index (χ1v) is 11.6. The molecule has 1 N–H and O–H groups in total. The van der Waals surface area contributed by atoms with Crippen molar-refractivity contribution in [3.63, 3.8) is 0 Å². The Morgan fingerprint density at radius 1 is 1.03 bits per heavy atom. The minimum atomic E-state index is -0.187. The van der Waals surface area contributed by atoms with E-state index < -0.39 is 0 Å². The molecular weight excluding hydrogens is 442 g/mol. The lowest BCUT2D eigenvalue weighted by atomic mass is 10.00. The van der Waals surface area contributed by atoms with E-state index >= 15 is 0 Å². The number of carbonyl (C=O) groups excluding carboxylic acids is 1. The number of halogens is 1. The molecule has 160 valence electrons. The van der Waals surface area contributed by atoms with Crippen LogP contribution in [-0.4, -0.2) is 31.4 Å². The second kappa shape index (κ2) is 8.41. The zero-order valence-corrected chi connectivity index (χ0v) is 19.1. The van der Waals surface area contributed by atoms with E-state index in [4.69, 9.17) is 16.7 Å². The Kier molecular flexibility index (Phi) is 5.45. The number of aromatic nitrogens is 4. The van der Waals surface area contributed by atoms with Crippen molar-refractivity contribution in [2.24, 2.45) is 0 Å². The number of nitrogens with zero attached hydrogens (tertiary/aromatic N) is 4. The van der Waals surface area contributed by atoms with Gasteiger partial charge >= 0.3 is 0 Å². The number of nitrogens with one attached hydrogen (secondary N) is 1. The predicted molar refractivity (Wildman–Crippen MR) is 128 cm³/mol. The molecule has 1 aliphatic heterocycles. The van der Waals surface area contributed by atoms with Crippen LogP contribution >= 0.6 is 23.4 Å². The fourth-order valence-corrected chi connectivity index (χ4v) is 5.37. The Labute approximate surface area is 195 Å². The van der Waals surface area contributed by atoms with E-state index in [0.717, 1.165) is 33.8 Å². The molecule has 0 fully saturated rings. The average Bonchev–Trinajstić information content (AvgIpc) is 3.05. The summed E-state index contributed by atoms with van der Waals surface area (Å²) in [5.41, 5.74) is 5.20. The van der Waals surface area contributed by atoms with Gasteiger partial charge in [0.15, 0.2) is 0 Å². The van der Waals surface area contributed by atoms with Crippen LogP contribution in [0, 0.1) is 13.8 Å². The lowest BCUT2D eigenvalue weighted by molar-refractivity contribution is -0.113. The van der Waals surface area contributed by atoms with Crippen LogP contribution in [-0.2, 0) is 4.79 Å². The maximum atomic E-state index is 12.7. The highest BCUT2D eigenvalue weighted by Gasteiger charge is 2.34. The van der Waals surface area contributed by atoms with Crippen LogP contribution in [0.2, 0.25) is 5.02 Å². The number of fused-ring (bicyclic) bond motifs is 1. The summed E-state index contributed by atoms with van der Waals surface area (Å²) in [4.78, 5) is 21.9. The molecule has 0 bridgehead atoms. The van der Waals surface area contributed by atoms with Gasteiger partial charge in [0.1, 0.15) is 5.82 Å². The second-order valence-electron chi connectivity index (χ2n) is 7.60. The topological polar surface area (TPSA) is 72.7 Å². The third kappa shape index (κ3) is 3.78. The highest BCUT2D eigenvalue weighted by atomic mass is 35.5. The summed E-state index contributed by atoms with van der Waals surface area (Å²) < 4.78 is 1.64. The van der Waals surface area contributed by atoms with Crippen LogP contribution in [0.4, 0.5) is 5.82 Å². The summed E-state index contributed by atoms with van der Waals surface area (Å²) in [6.45, 7) is 3.83. The Bertz CT molecular complexity index is 1300. The van der Waals surface area contributed by atoms with Crippen molar-refractivity contribution in [3.05, 3.63) is 88.2 Å². The molecule has 0 radical (unpaired) electrons. The van der Waals surface area contributed by atoms with Crippen LogP contribution in [0.5, 0.6) is 0 Å². The predicted octanol–water partition coefficient (Wildman–Crippen LogP) is 5.37. The molecular formula is C24H20ClN5OS. The van der Waals surface area contributed by atoms with Crippen LogP contribution in [0.1, 0.15) is 27.8 Å². The molecule has 0 unspecified atom stereocenters. The van der Waals surface area contributed by atoms with Gasteiger partial charge in [-0.3, -0.25) is 4.79 Å². The molecule has 32 heavy (non-hydrogen) atoms.